The second-order valence-corrected chi connectivity index (χ2v) is 8.43. The van der Waals surface area contributed by atoms with Gasteiger partial charge in [-0.15, -0.1) is 10.2 Å². The number of ether oxygens (including phenoxy) is 1. The van der Waals surface area contributed by atoms with Crippen LogP contribution >= 0.6 is 11.8 Å². The molecule has 9 heteroatoms. The van der Waals surface area contributed by atoms with Crippen LogP contribution in [0.2, 0.25) is 0 Å². The Labute approximate surface area is 196 Å². The number of methoxy groups -OCH3 is 1. The van der Waals surface area contributed by atoms with Crippen LogP contribution in [-0.2, 0) is 17.8 Å². The molecular formula is C24H25N5O3S. The fourth-order valence-electron chi connectivity index (χ4n) is 3.38. The van der Waals surface area contributed by atoms with Crippen LogP contribution in [0, 0.1) is 6.92 Å². The van der Waals surface area contributed by atoms with E-state index in [9.17, 15) is 4.79 Å². The maximum absolute atomic E-state index is 12.3. The maximum Gasteiger partial charge on any atom is 0.226 e. The van der Waals surface area contributed by atoms with Crippen LogP contribution in [-0.4, -0.2) is 38.7 Å². The first-order valence-corrected chi connectivity index (χ1v) is 11.6. The zero-order valence-electron chi connectivity index (χ0n) is 18.5. The molecule has 0 spiro atoms. The number of nitrogens with one attached hydrogen (secondary N) is 1. The third kappa shape index (κ3) is 5.81. The van der Waals surface area contributed by atoms with Crippen molar-refractivity contribution in [2.24, 2.45) is 0 Å². The lowest BCUT2D eigenvalue weighted by atomic mass is 10.1. The van der Waals surface area contributed by atoms with E-state index in [1.165, 1.54) is 17.3 Å². The summed E-state index contributed by atoms with van der Waals surface area (Å²) in [4.78, 5) is 12.3. The number of rotatable bonds is 10. The Kier molecular flexibility index (Phi) is 7.41. The number of anilines is 1. The van der Waals surface area contributed by atoms with Gasteiger partial charge in [-0.2, -0.15) is 0 Å². The molecule has 0 aliphatic carbocycles. The van der Waals surface area contributed by atoms with Crippen LogP contribution in [0.5, 0.6) is 5.75 Å². The molecule has 1 amide bonds. The summed E-state index contributed by atoms with van der Waals surface area (Å²) in [5.74, 6) is 2.98. The highest BCUT2D eigenvalue weighted by Crippen LogP contribution is 2.31. The van der Waals surface area contributed by atoms with Crippen molar-refractivity contribution in [2.75, 3.05) is 18.2 Å². The van der Waals surface area contributed by atoms with Crippen LogP contribution in [0.15, 0.2) is 70.3 Å². The van der Waals surface area contributed by atoms with E-state index in [0.29, 0.717) is 30.3 Å². The standard InChI is InChI=1S/C24H25N5O3S/c1-17-16-21(28-32-17)25-22(30)13-15-33-24-27-26-23(19-10-6-7-11-20(19)31-2)29(24)14-12-18-8-4-3-5-9-18/h3-11,16H,12-15H2,1-2H3,(H,25,28,30). The molecule has 1 N–H and O–H groups in total. The van der Waals surface area contributed by atoms with Crippen molar-refractivity contribution in [3.05, 3.63) is 72.0 Å². The number of nitrogens with zero attached hydrogens (tertiary/aromatic N) is 4. The van der Waals surface area contributed by atoms with E-state index in [1.54, 1.807) is 20.1 Å². The number of amides is 1. The molecule has 170 valence electrons. The molecule has 0 radical (unpaired) electrons. The van der Waals surface area contributed by atoms with Gasteiger partial charge in [-0.1, -0.05) is 59.4 Å². The molecule has 0 unspecified atom stereocenters. The van der Waals surface area contributed by atoms with Gasteiger partial charge in [-0.25, -0.2) is 0 Å². The molecule has 0 aliphatic rings. The van der Waals surface area contributed by atoms with E-state index in [1.807, 2.05) is 42.5 Å². The molecule has 0 bridgehead atoms. The molecule has 0 aliphatic heterocycles. The van der Waals surface area contributed by atoms with Crippen LogP contribution < -0.4 is 10.1 Å². The van der Waals surface area contributed by atoms with Gasteiger partial charge >= 0.3 is 0 Å². The predicted octanol–water partition coefficient (Wildman–Crippen LogP) is 4.61. The van der Waals surface area contributed by atoms with Crippen molar-refractivity contribution in [1.82, 2.24) is 19.9 Å². The molecule has 2 aromatic carbocycles. The van der Waals surface area contributed by atoms with Crippen molar-refractivity contribution in [2.45, 2.75) is 31.5 Å². The first-order chi connectivity index (χ1) is 16.1. The molecule has 0 saturated heterocycles. The number of hydrogen-bond acceptors (Lipinski definition) is 7. The summed E-state index contributed by atoms with van der Waals surface area (Å²) < 4.78 is 12.6. The van der Waals surface area contributed by atoms with E-state index in [2.05, 4.69) is 37.4 Å². The third-order valence-corrected chi connectivity index (χ3v) is 5.96. The SMILES string of the molecule is COc1ccccc1-c1nnc(SCCC(=O)Nc2cc(C)on2)n1CCc1ccccc1. The number of para-hydroxylation sites is 1. The Bertz CT molecular complexity index is 1210. The van der Waals surface area contributed by atoms with Crippen LogP contribution in [0.1, 0.15) is 17.7 Å². The van der Waals surface area contributed by atoms with Gasteiger partial charge in [0, 0.05) is 24.8 Å². The Morgan fingerprint density at radius 1 is 1.12 bits per heavy atom. The summed E-state index contributed by atoms with van der Waals surface area (Å²) in [5, 5.41) is 16.2. The van der Waals surface area contributed by atoms with Crippen molar-refractivity contribution < 1.29 is 14.1 Å². The predicted molar refractivity (Wildman–Crippen MR) is 127 cm³/mol. The highest BCUT2D eigenvalue weighted by atomic mass is 32.2. The normalized spacial score (nSPS) is 10.8. The zero-order chi connectivity index (χ0) is 23.0. The second-order valence-electron chi connectivity index (χ2n) is 7.36. The fraction of sp³-hybridized carbons (Fsp3) is 0.250. The van der Waals surface area contributed by atoms with Crippen LogP contribution in [0.4, 0.5) is 5.82 Å². The monoisotopic (exact) mass is 463 g/mol. The Hall–Kier alpha value is -3.59. The van der Waals surface area contributed by atoms with Gasteiger partial charge in [-0.05, 0) is 31.0 Å². The molecule has 0 fully saturated rings. The molecule has 33 heavy (non-hydrogen) atoms. The average Bonchev–Trinajstić information content (AvgIpc) is 3.43. The number of aromatic nitrogens is 4. The minimum absolute atomic E-state index is 0.129. The Morgan fingerprint density at radius 2 is 1.91 bits per heavy atom. The third-order valence-electron chi connectivity index (χ3n) is 4.99. The first-order valence-electron chi connectivity index (χ1n) is 10.6. The summed E-state index contributed by atoms with van der Waals surface area (Å²) in [6.45, 7) is 2.48. The van der Waals surface area contributed by atoms with Crippen LogP contribution in [0.25, 0.3) is 11.4 Å². The largest absolute Gasteiger partial charge is 0.496 e. The highest BCUT2D eigenvalue weighted by molar-refractivity contribution is 7.99. The van der Waals surface area contributed by atoms with Gasteiger partial charge in [0.1, 0.15) is 11.5 Å². The maximum atomic E-state index is 12.3. The molecule has 2 aromatic heterocycles. The van der Waals surface area contributed by atoms with Crippen LogP contribution in [0.3, 0.4) is 0 Å². The molecule has 2 heterocycles. The van der Waals surface area contributed by atoms with Crippen molar-refractivity contribution in [3.63, 3.8) is 0 Å². The smallest absolute Gasteiger partial charge is 0.226 e. The highest BCUT2D eigenvalue weighted by Gasteiger charge is 2.18. The number of carbonyl (C=O) groups is 1. The summed E-state index contributed by atoms with van der Waals surface area (Å²) in [6.07, 6.45) is 1.15. The van der Waals surface area contributed by atoms with E-state index in [4.69, 9.17) is 9.26 Å². The zero-order valence-corrected chi connectivity index (χ0v) is 19.3. The molecule has 4 rings (SSSR count). The molecule has 0 atom stereocenters. The van der Waals surface area contributed by atoms with Gasteiger partial charge in [-0.3, -0.25) is 4.79 Å². The van der Waals surface area contributed by atoms with Gasteiger partial charge in [0.2, 0.25) is 5.91 Å². The number of hydrogen-bond donors (Lipinski definition) is 1. The number of carbonyl (C=O) groups excluding carboxylic acids is 1. The topological polar surface area (TPSA) is 95.1 Å². The Morgan fingerprint density at radius 3 is 2.67 bits per heavy atom. The van der Waals surface area contributed by atoms with Gasteiger partial charge in [0.15, 0.2) is 16.8 Å². The van der Waals surface area contributed by atoms with Gasteiger partial charge in [0.05, 0.1) is 12.7 Å². The van der Waals surface area contributed by atoms with E-state index < -0.39 is 0 Å². The lowest BCUT2D eigenvalue weighted by Gasteiger charge is -2.12. The first kappa shape index (κ1) is 22.6. The number of aryl methyl sites for hydroxylation is 2. The fourth-order valence-corrected chi connectivity index (χ4v) is 4.28. The van der Waals surface area contributed by atoms with Crippen molar-refractivity contribution in [1.29, 1.82) is 0 Å². The average molecular weight is 464 g/mol. The van der Waals surface area contributed by atoms with Gasteiger partial charge < -0.3 is 19.1 Å². The number of thioether (sulfide) groups is 1. The van der Waals surface area contributed by atoms with E-state index in [-0.39, 0.29) is 5.91 Å². The van der Waals surface area contributed by atoms with Crippen molar-refractivity contribution >= 4 is 23.5 Å². The molecular weight excluding hydrogens is 438 g/mol. The number of benzene rings is 2. The van der Waals surface area contributed by atoms with Gasteiger partial charge in [0.25, 0.3) is 0 Å². The summed E-state index contributed by atoms with van der Waals surface area (Å²) in [7, 11) is 1.65. The molecule has 8 nitrogen and oxygen atoms in total. The van der Waals surface area contributed by atoms with E-state index >= 15 is 0 Å². The van der Waals surface area contributed by atoms with Crippen molar-refractivity contribution in [3.8, 4) is 17.1 Å². The molecule has 0 saturated carbocycles. The summed E-state index contributed by atoms with van der Waals surface area (Å²) in [5.41, 5.74) is 2.11. The minimum Gasteiger partial charge on any atom is -0.496 e. The lowest BCUT2D eigenvalue weighted by molar-refractivity contribution is -0.115. The quantitative estimate of drug-likeness (QED) is 0.343. The summed E-state index contributed by atoms with van der Waals surface area (Å²) >= 11 is 1.50. The van der Waals surface area contributed by atoms with E-state index in [0.717, 1.165) is 28.7 Å². The minimum atomic E-state index is -0.129. The summed E-state index contributed by atoms with van der Waals surface area (Å²) in [6, 6.07) is 19.7. The second kappa shape index (κ2) is 10.8. The molecule has 4 aromatic rings. The Balaban J connectivity index is 1.49. The lowest BCUT2D eigenvalue weighted by Crippen LogP contribution is -2.12.